The summed E-state index contributed by atoms with van der Waals surface area (Å²) in [6, 6.07) is 0. The van der Waals surface area contributed by atoms with Crippen molar-refractivity contribution in [3.8, 4) is 0 Å². The number of hydrogen-bond acceptors (Lipinski definition) is 5. The number of esters is 1. The van der Waals surface area contributed by atoms with Gasteiger partial charge in [0.1, 0.15) is 12.2 Å². The van der Waals surface area contributed by atoms with Crippen molar-refractivity contribution in [3.63, 3.8) is 0 Å². The molecule has 1 saturated carbocycles. The maximum atomic E-state index is 12.5. The lowest BCUT2D eigenvalue weighted by atomic mass is 9.61. The number of carbonyl (C=O) groups is 2. The first-order valence-electron chi connectivity index (χ1n) is 7.03. The van der Waals surface area contributed by atoms with Gasteiger partial charge in [0.25, 0.3) is 0 Å². The Kier molecular flexibility index (Phi) is 4.66. The topological polar surface area (TPSA) is 83.8 Å². The van der Waals surface area contributed by atoms with E-state index in [1.165, 1.54) is 13.8 Å². The Morgan fingerprint density at radius 3 is 2.30 bits per heavy atom. The Bertz CT molecular complexity index is 394. The standard InChI is InChI=1S/C15H26O5/c1-13(2)10(11(17)20-9-8-16)6-7-15(13,5)12(18)14(3,4)19/h10,16,19H,6-9H2,1-5H3/t10-,15+/m1/s1. The molecule has 2 atom stereocenters. The Hall–Kier alpha value is -0.940. The number of hydrogen-bond donors (Lipinski definition) is 2. The van der Waals surface area contributed by atoms with Gasteiger partial charge in [-0.1, -0.05) is 20.8 Å². The number of carbonyl (C=O) groups excluding carboxylic acids is 2. The van der Waals surface area contributed by atoms with Crippen LogP contribution in [0.1, 0.15) is 47.5 Å². The lowest BCUT2D eigenvalue weighted by Crippen LogP contribution is -2.50. The molecule has 0 heterocycles. The zero-order valence-corrected chi connectivity index (χ0v) is 13.0. The van der Waals surface area contributed by atoms with Crippen molar-refractivity contribution in [2.75, 3.05) is 13.2 Å². The van der Waals surface area contributed by atoms with Crippen molar-refractivity contribution in [2.24, 2.45) is 16.7 Å². The Morgan fingerprint density at radius 1 is 1.30 bits per heavy atom. The average molecular weight is 286 g/mol. The summed E-state index contributed by atoms with van der Waals surface area (Å²) in [4.78, 5) is 24.6. The van der Waals surface area contributed by atoms with Crippen LogP contribution in [0.3, 0.4) is 0 Å². The van der Waals surface area contributed by atoms with Crippen LogP contribution in [0.15, 0.2) is 0 Å². The molecule has 0 unspecified atom stereocenters. The highest BCUT2D eigenvalue weighted by Gasteiger charge is 2.60. The molecule has 1 aliphatic carbocycles. The molecule has 0 aromatic heterocycles. The van der Waals surface area contributed by atoms with E-state index in [0.29, 0.717) is 12.8 Å². The molecule has 116 valence electrons. The van der Waals surface area contributed by atoms with Gasteiger partial charge < -0.3 is 14.9 Å². The second kappa shape index (κ2) is 5.45. The lowest BCUT2D eigenvalue weighted by molar-refractivity contribution is -0.159. The first kappa shape index (κ1) is 17.1. The minimum absolute atomic E-state index is 0.0262. The molecular weight excluding hydrogens is 260 g/mol. The summed E-state index contributed by atoms with van der Waals surface area (Å²) < 4.78 is 5.01. The molecule has 1 rings (SSSR count). The average Bonchev–Trinajstić information content (AvgIpc) is 2.56. The van der Waals surface area contributed by atoms with Gasteiger partial charge in [-0.3, -0.25) is 9.59 Å². The summed E-state index contributed by atoms with van der Waals surface area (Å²) in [5.41, 5.74) is -2.79. The second-order valence-electron chi connectivity index (χ2n) is 6.92. The van der Waals surface area contributed by atoms with E-state index in [-0.39, 0.29) is 25.0 Å². The molecule has 0 saturated heterocycles. The zero-order valence-electron chi connectivity index (χ0n) is 13.0. The first-order valence-corrected chi connectivity index (χ1v) is 7.03. The van der Waals surface area contributed by atoms with Gasteiger partial charge in [0.2, 0.25) is 0 Å². The van der Waals surface area contributed by atoms with E-state index in [1.807, 2.05) is 20.8 Å². The number of rotatable bonds is 5. The maximum Gasteiger partial charge on any atom is 0.309 e. The molecule has 5 heteroatoms. The van der Waals surface area contributed by atoms with Gasteiger partial charge in [-0.05, 0) is 32.1 Å². The molecule has 5 nitrogen and oxygen atoms in total. The molecule has 1 fully saturated rings. The molecule has 2 N–H and O–H groups in total. The largest absolute Gasteiger partial charge is 0.463 e. The summed E-state index contributed by atoms with van der Waals surface area (Å²) in [6.45, 7) is 8.28. The van der Waals surface area contributed by atoms with Crippen LogP contribution in [0.25, 0.3) is 0 Å². The van der Waals surface area contributed by atoms with E-state index in [0.717, 1.165) is 0 Å². The van der Waals surface area contributed by atoms with Gasteiger partial charge >= 0.3 is 5.97 Å². The molecule has 0 amide bonds. The third-order valence-electron chi connectivity index (χ3n) is 4.90. The molecule has 0 radical (unpaired) electrons. The predicted molar refractivity (Wildman–Crippen MR) is 74.0 cm³/mol. The van der Waals surface area contributed by atoms with Crippen molar-refractivity contribution < 1.29 is 24.5 Å². The van der Waals surface area contributed by atoms with Crippen LogP contribution in [0.4, 0.5) is 0 Å². The third-order valence-corrected chi connectivity index (χ3v) is 4.90. The fourth-order valence-electron chi connectivity index (χ4n) is 3.24. The zero-order chi connectivity index (χ0) is 15.8. The maximum absolute atomic E-state index is 12.5. The highest BCUT2D eigenvalue weighted by Crippen LogP contribution is 2.57. The van der Waals surface area contributed by atoms with Crippen molar-refractivity contribution in [3.05, 3.63) is 0 Å². The van der Waals surface area contributed by atoms with E-state index in [9.17, 15) is 14.7 Å². The molecule has 0 aliphatic heterocycles. The normalized spacial score (nSPS) is 29.2. The summed E-state index contributed by atoms with van der Waals surface area (Å²) >= 11 is 0. The number of ketones is 1. The fraction of sp³-hybridized carbons (Fsp3) is 0.867. The minimum Gasteiger partial charge on any atom is -0.463 e. The van der Waals surface area contributed by atoms with Crippen molar-refractivity contribution in [1.29, 1.82) is 0 Å². The molecular formula is C15H26O5. The van der Waals surface area contributed by atoms with Crippen LogP contribution in [-0.2, 0) is 14.3 Å². The van der Waals surface area contributed by atoms with Crippen LogP contribution >= 0.6 is 0 Å². The summed E-state index contributed by atoms with van der Waals surface area (Å²) in [7, 11) is 0. The van der Waals surface area contributed by atoms with Gasteiger partial charge in [-0.25, -0.2) is 0 Å². The number of aliphatic hydroxyl groups is 2. The minimum atomic E-state index is -1.42. The highest BCUT2D eigenvalue weighted by molar-refractivity contribution is 5.93. The van der Waals surface area contributed by atoms with Crippen LogP contribution in [0.5, 0.6) is 0 Å². The summed E-state index contributed by atoms with van der Waals surface area (Å²) in [5.74, 6) is -1.02. The first-order chi connectivity index (χ1) is 8.98. The second-order valence-corrected chi connectivity index (χ2v) is 6.92. The van der Waals surface area contributed by atoms with E-state index < -0.39 is 22.3 Å². The lowest BCUT2D eigenvalue weighted by Gasteiger charge is -2.42. The molecule has 1 aliphatic rings. The van der Waals surface area contributed by atoms with Gasteiger partial charge in [0.15, 0.2) is 5.78 Å². The smallest absolute Gasteiger partial charge is 0.309 e. The number of Topliss-reactive ketones (excluding diaryl/α,β-unsaturated/α-hetero) is 1. The van der Waals surface area contributed by atoms with E-state index >= 15 is 0 Å². The number of ether oxygens (including phenoxy) is 1. The van der Waals surface area contributed by atoms with Gasteiger partial charge in [-0.2, -0.15) is 0 Å². The van der Waals surface area contributed by atoms with Crippen LogP contribution < -0.4 is 0 Å². The predicted octanol–water partition coefficient (Wildman–Crippen LogP) is 1.30. The van der Waals surface area contributed by atoms with E-state index in [1.54, 1.807) is 0 Å². The summed E-state index contributed by atoms with van der Waals surface area (Å²) in [6.07, 6.45) is 1.09. The third kappa shape index (κ3) is 2.74. The van der Waals surface area contributed by atoms with Crippen LogP contribution in [0.2, 0.25) is 0 Å². The monoisotopic (exact) mass is 286 g/mol. The van der Waals surface area contributed by atoms with Crippen LogP contribution in [0, 0.1) is 16.7 Å². The Morgan fingerprint density at radius 2 is 1.85 bits per heavy atom. The number of aliphatic hydroxyl groups excluding tert-OH is 1. The molecule has 0 aromatic rings. The van der Waals surface area contributed by atoms with Crippen molar-refractivity contribution in [2.45, 2.75) is 53.1 Å². The van der Waals surface area contributed by atoms with Gasteiger partial charge in [0, 0.05) is 5.41 Å². The highest BCUT2D eigenvalue weighted by atomic mass is 16.5. The van der Waals surface area contributed by atoms with Gasteiger partial charge in [-0.15, -0.1) is 0 Å². The molecule has 0 bridgehead atoms. The quantitative estimate of drug-likeness (QED) is 0.744. The van der Waals surface area contributed by atoms with E-state index in [4.69, 9.17) is 9.84 Å². The van der Waals surface area contributed by atoms with Crippen LogP contribution in [-0.4, -0.2) is 40.8 Å². The van der Waals surface area contributed by atoms with Crippen molar-refractivity contribution >= 4 is 11.8 Å². The van der Waals surface area contributed by atoms with Crippen molar-refractivity contribution in [1.82, 2.24) is 0 Å². The molecule has 0 spiro atoms. The Balaban J connectivity index is 3.00. The van der Waals surface area contributed by atoms with E-state index in [2.05, 4.69) is 0 Å². The fourth-order valence-corrected chi connectivity index (χ4v) is 3.24. The molecule has 20 heavy (non-hydrogen) atoms. The SMILES string of the molecule is CC(C)(O)C(=O)[C@]1(C)CC[C@H](C(=O)OCCO)C1(C)C. The van der Waals surface area contributed by atoms with Gasteiger partial charge in [0.05, 0.1) is 12.5 Å². The Labute approximate surface area is 120 Å². The summed E-state index contributed by atoms with van der Waals surface area (Å²) in [5, 5.41) is 18.7. The molecule has 0 aromatic carbocycles.